The Kier molecular flexibility index (Phi) is 5.02. The highest BCUT2D eigenvalue weighted by molar-refractivity contribution is 5.93. The van der Waals surface area contributed by atoms with Gasteiger partial charge < -0.3 is 14.7 Å². The van der Waals surface area contributed by atoms with Gasteiger partial charge in [-0.15, -0.1) is 0 Å². The molecule has 6 nitrogen and oxygen atoms in total. The van der Waals surface area contributed by atoms with Crippen molar-refractivity contribution in [3.05, 3.63) is 24.0 Å². The third-order valence-corrected chi connectivity index (χ3v) is 5.12. The van der Waals surface area contributed by atoms with Crippen LogP contribution in [0.25, 0.3) is 0 Å². The average molecular weight is 330 g/mol. The predicted octanol–water partition coefficient (Wildman–Crippen LogP) is 1.62. The summed E-state index contributed by atoms with van der Waals surface area (Å²) < 4.78 is 0. The molecule has 6 heteroatoms. The summed E-state index contributed by atoms with van der Waals surface area (Å²) in [5.74, 6) is 0.858. The van der Waals surface area contributed by atoms with E-state index in [1.165, 1.54) is 0 Å². The van der Waals surface area contributed by atoms with E-state index < -0.39 is 0 Å². The molecule has 1 aromatic heterocycles. The molecule has 2 aliphatic rings. The lowest BCUT2D eigenvalue weighted by atomic mass is 9.99. The second-order valence-electron chi connectivity index (χ2n) is 6.87. The van der Waals surface area contributed by atoms with Crippen LogP contribution in [-0.2, 0) is 4.79 Å². The van der Waals surface area contributed by atoms with Crippen LogP contribution in [0.4, 0.5) is 5.69 Å². The van der Waals surface area contributed by atoms with E-state index >= 15 is 0 Å². The molecule has 0 radical (unpaired) electrons. The van der Waals surface area contributed by atoms with Gasteiger partial charge in [-0.25, -0.2) is 0 Å². The first-order valence-corrected chi connectivity index (χ1v) is 8.80. The summed E-state index contributed by atoms with van der Waals surface area (Å²) in [5.41, 5.74) is 1.54. The zero-order chi connectivity index (χ0) is 17.1. The van der Waals surface area contributed by atoms with Gasteiger partial charge in [0.25, 0.3) is 5.91 Å². The molecule has 0 unspecified atom stereocenters. The average Bonchev–Trinajstić information content (AvgIpc) is 2.62. The van der Waals surface area contributed by atoms with E-state index in [4.69, 9.17) is 0 Å². The number of amides is 2. The van der Waals surface area contributed by atoms with E-state index in [0.29, 0.717) is 11.6 Å². The Bertz CT molecular complexity index is 603. The Balaban J connectivity index is 1.66. The van der Waals surface area contributed by atoms with Crippen molar-refractivity contribution in [3.8, 4) is 0 Å². The normalized spacial score (nSPS) is 19.5. The number of aromatic nitrogens is 1. The molecule has 3 heterocycles. The monoisotopic (exact) mass is 330 g/mol. The molecule has 0 N–H and O–H groups in total. The van der Waals surface area contributed by atoms with Crippen LogP contribution in [0.1, 0.15) is 37.2 Å². The predicted molar refractivity (Wildman–Crippen MR) is 93.0 cm³/mol. The highest BCUT2D eigenvalue weighted by Crippen LogP contribution is 2.21. The third kappa shape index (κ3) is 3.68. The van der Waals surface area contributed by atoms with Gasteiger partial charge in [0.2, 0.25) is 5.91 Å². The molecule has 0 aromatic carbocycles. The Morgan fingerprint density at radius 3 is 2.33 bits per heavy atom. The maximum atomic E-state index is 12.7. The molecule has 0 atom stereocenters. The second kappa shape index (κ2) is 7.20. The molecule has 130 valence electrons. The summed E-state index contributed by atoms with van der Waals surface area (Å²) in [6.07, 6.45) is 3.85. The number of hydrogen-bond acceptors (Lipinski definition) is 4. The molecular weight excluding hydrogens is 304 g/mol. The molecule has 2 saturated heterocycles. The fourth-order valence-corrected chi connectivity index (χ4v) is 3.39. The smallest absolute Gasteiger partial charge is 0.272 e. The Labute approximate surface area is 143 Å². The zero-order valence-electron chi connectivity index (χ0n) is 14.6. The second-order valence-corrected chi connectivity index (χ2v) is 6.87. The molecule has 3 rings (SSSR count). The van der Waals surface area contributed by atoms with Gasteiger partial charge in [0.1, 0.15) is 5.69 Å². The van der Waals surface area contributed by atoms with Crippen molar-refractivity contribution in [2.24, 2.45) is 5.92 Å². The van der Waals surface area contributed by atoms with Crippen molar-refractivity contribution in [1.82, 2.24) is 14.8 Å². The van der Waals surface area contributed by atoms with Crippen LogP contribution in [0.5, 0.6) is 0 Å². The van der Waals surface area contributed by atoms with E-state index in [2.05, 4.69) is 16.8 Å². The summed E-state index contributed by atoms with van der Waals surface area (Å²) in [7, 11) is 0. The lowest BCUT2D eigenvalue weighted by Crippen LogP contribution is -2.48. The van der Waals surface area contributed by atoms with Crippen LogP contribution in [0, 0.1) is 5.92 Å². The van der Waals surface area contributed by atoms with Crippen molar-refractivity contribution >= 4 is 17.5 Å². The summed E-state index contributed by atoms with van der Waals surface area (Å²) in [6.45, 7) is 8.53. The summed E-state index contributed by atoms with van der Waals surface area (Å²) in [6, 6.07) is 3.84. The Morgan fingerprint density at radius 2 is 1.71 bits per heavy atom. The SMILES string of the molecule is CC(=O)N1CCN(c2ccnc(C(=O)N3CCC(C)CC3)c2)CC1. The number of anilines is 1. The van der Waals surface area contributed by atoms with Gasteiger partial charge in [-0.3, -0.25) is 14.6 Å². The highest BCUT2D eigenvalue weighted by Gasteiger charge is 2.24. The maximum Gasteiger partial charge on any atom is 0.272 e. The molecular formula is C18H26N4O2. The quantitative estimate of drug-likeness (QED) is 0.827. The number of carbonyl (C=O) groups is 2. The first-order valence-electron chi connectivity index (χ1n) is 8.80. The first kappa shape index (κ1) is 16.7. The van der Waals surface area contributed by atoms with Crippen LogP contribution < -0.4 is 4.90 Å². The molecule has 0 aliphatic carbocycles. The van der Waals surface area contributed by atoms with Gasteiger partial charge in [-0.2, -0.15) is 0 Å². The summed E-state index contributed by atoms with van der Waals surface area (Å²) >= 11 is 0. The number of piperidine rings is 1. The molecule has 0 saturated carbocycles. The fourth-order valence-electron chi connectivity index (χ4n) is 3.39. The maximum absolute atomic E-state index is 12.7. The van der Waals surface area contributed by atoms with Gasteiger partial charge >= 0.3 is 0 Å². The molecule has 24 heavy (non-hydrogen) atoms. The van der Waals surface area contributed by atoms with E-state index in [0.717, 1.165) is 57.8 Å². The molecule has 2 amide bonds. The fraction of sp³-hybridized carbons (Fsp3) is 0.611. The van der Waals surface area contributed by atoms with Crippen molar-refractivity contribution < 1.29 is 9.59 Å². The van der Waals surface area contributed by atoms with Crippen molar-refractivity contribution in [3.63, 3.8) is 0 Å². The Hall–Kier alpha value is -2.11. The number of piperazine rings is 1. The van der Waals surface area contributed by atoms with Gasteiger partial charge in [0.15, 0.2) is 0 Å². The van der Waals surface area contributed by atoms with Gasteiger partial charge in [0, 0.05) is 58.1 Å². The molecule has 1 aromatic rings. The number of likely N-dealkylation sites (tertiary alicyclic amines) is 1. The van der Waals surface area contributed by atoms with Crippen LogP contribution >= 0.6 is 0 Å². The number of hydrogen-bond donors (Lipinski definition) is 0. The minimum absolute atomic E-state index is 0.0334. The lowest BCUT2D eigenvalue weighted by molar-refractivity contribution is -0.129. The molecule has 2 aliphatic heterocycles. The lowest BCUT2D eigenvalue weighted by Gasteiger charge is -2.35. The van der Waals surface area contributed by atoms with E-state index in [1.54, 1.807) is 13.1 Å². The third-order valence-electron chi connectivity index (χ3n) is 5.12. The van der Waals surface area contributed by atoms with Gasteiger partial charge in [-0.1, -0.05) is 6.92 Å². The van der Waals surface area contributed by atoms with Crippen molar-refractivity contribution in [1.29, 1.82) is 0 Å². The summed E-state index contributed by atoms with van der Waals surface area (Å²) in [5, 5.41) is 0. The van der Waals surface area contributed by atoms with Gasteiger partial charge in [-0.05, 0) is 30.9 Å². The van der Waals surface area contributed by atoms with Crippen LogP contribution in [0.2, 0.25) is 0 Å². The number of carbonyl (C=O) groups excluding carboxylic acids is 2. The topological polar surface area (TPSA) is 56.8 Å². The van der Waals surface area contributed by atoms with E-state index in [9.17, 15) is 9.59 Å². The summed E-state index contributed by atoms with van der Waals surface area (Å²) in [4.78, 5) is 34.4. The number of rotatable bonds is 2. The first-order chi connectivity index (χ1) is 11.5. The molecule has 0 bridgehead atoms. The molecule has 2 fully saturated rings. The largest absolute Gasteiger partial charge is 0.368 e. The molecule has 0 spiro atoms. The number of nitrogens with zero attached hydrogens (tertiary/aromatic N) is 4. The van der Waals surface area contributed by atoms with Gasteiger partial charge in [0.05, 0.1) is 0 Å². The zero-order valence-corrected chi connectivity index (χ0v) is 14.6. The van der Waals surface area contributed by atoms with Crippen LogP contribution in [0.3, 0.4) is 0 Å². The van der Waals surface area contributed by atoms with E-state index in [-0.39, 0.29) is 11.8 Å². The Morgan fingerprint density at radius 1 is 1.04 bits per heavy atom. The minimum atomic E-state index is 0.0334. The highest BCUT2D eigenvalue weighted by atomic mass is 16.2. The van der Waals surface area contributed by atoms with E-state index in [1.807, 2.05) is 21.9 Å². The van der Waals surface area contributed by atoms with Crippen molar-refractivity contribution in [2.75, 3.05) is 44.2 Å². The van der Waals surface area contributed by atoms with Crippen LogP contribution in [-0.4, -0.2) is 65.9 Å². The minimum Gasteiger partial charge on any atom is -0.368 e. The standard InChI is InChI=1S/C18H26N4O2/c1-14-4-7-22(8-5-14)18(24)17-13-16(3-6-19-17)21-11-9-20(10-12-21)15(2)23/h3,6,13-14H,4-5,7-12H2,1-2H3. The van der Waals surface area contributed by atoms with Crippen molar-refractivity contribution in [2.45, 2.75) is 26.7 Å². The number of pyridine rings is 1. The van der Waals surface area contributed by atoms with Crippen LogP contribution in [0.15, 0.2) is 18.3 Å².